The van der Waals surface area contributed by atoms with E-state index in [1.54, 1.807) is 58.7 Å². The van der Waals surface area contributed by atoms with Crippen LogP contribution in [0.2, 0.25) is 0 Å². The maximum Gasteiger partial charge on any atom is 0.339 e. The van der Waals surface area contributed by atoms with E-state index in [0.29, 0.717) is 47.0 Å². The number of carbonyl (C=O) groups is 2. The second-order valence-electron chi connectivity index (χ2n) is 6.44. The molecular weight excluding hydrogens is 470 g/mol. The maximum absolute atomic E-state index is 13.0. The summed E-state index contributed by atoms with van der Waals surface area (Å²) in [5.74, 6) is 0.344. The van der Waals surface area contributed by atoms with Crippen molar-refractivity contribution in [2.45, 2.75) is 6.54 Å². The van der Waals surface area contributed by atoms with Gasteiger partial charge >= 0.3 is 5.97 Å². The van der Waals surface area contributed by atoms with Crippen molar-refractivity contribution in [2.24, 2.45) is 0 Å². The average molecular weight is 488 g/mol. The Morgan fingerprint density at radius 2 is 1.83 bits per heavy atom. The van der Waals surface area contributed by atoms with E-state index in [4.69, 9.17) is 14.2 Å². The molecule has 0 saturated heterocycles. The van der Waals surface area contributed by atoms with Crippen LogP contribution in [0.4, 0.5) is 5.69 Å². The summed E-state index contributed by atoms with van der Waals surface area (Å²) in [6.45, 7) is 0.941. The van der Waals surface area contributed by atoms with E-state index >= 15 is 0 Å². The molecule has 30 heavy (non-hydrogen) atoms. The molecule has 0 N–H and O–H groups in total. The van der Waals surface area contributed by atoms with Crippen LogP contribution in [-0.2, 0) is 16.1 Å². The number of amides is 1. The zero-order chi connectivity index (χ0) is 20.9. The van der Waals surface area contributed by atoms with Crippen molar-refractivity contribution in [3.8, 4) is 11.5 Å². The van der Waals surface area contributed by atoms with Gasteiger partial charge in [-0.15, -0.1) is 11.3 Å². The lowest BCUT2D eigenvalue weighted by molar-refractivity contribution is -0.121. The summed E-state index contributed by atoms with van der Waals surface area (Å²) in [5, 5.41) is 1.95. The molecule has 0 atom stereocenters. The zero-order valence-electron chi connectivity index (χ0n) is 15.9. The van der Waals surface area contributed by atoms with Crippen LogP contribution in [-0.4, -0.2) is 31.7 Å². The molecule has 0 spiro atoms. The van der Waals surface area contributed by atoms with Crippen LogP contribution in [0.1, 0.15) is 15.2 Å². The Hall–Kier alpha value is -2.84. The van der Waals surface area contributed by atoms with E-state index in [9.17, 15) is 9.59 Å². The minimum absolute atomic E-state index is 0.333. The van der Waals surface area contributed by atoms with E-state index in [2.05, 4.69) is 15.9 Å². The van der Waals surface area contributed by atoms with Crippen LogP contribution in [0, 0.1) is 0 Å². The van der Waals surface area contributed by atoms with Crippen LogP contribution < -0.4 is 14.4 Å². The fourth-order valence-electron chi connectivity index (χ4n) is 2.99. The first-order valence-electron chi connectivity index (χ1n) is 9.26. The number of esters is 1. The van der Waals surface area contributed by atoms with Gasteiger partial charge in [0.25, 0.3) is 5.91 Å². The molecule has 0 fully saturated rings. The normalized spacial score (nSPS) is 12.3. The van der Waals surface area contributed by atoms with E-state index in [0.717, 1.165) is 4.88 Å². The molecule has 1 aliphatic rings. The van der Waals surface area contributed by atoms with Gasteiger partial charge in [-0.25, -0.2) is 4.79 Å². The van der Waals surface area contributed by atoms with Crippen LogP contribution in [0.3, 0.4) is 0 Å². The van der Waals surface area contributed by atoms with Gasteiger partial charge in [0.15, 0.2) is 18.1 Å². The standard InChI is InChI=1S/C22H18BrNO5S/c23-18-6-2-1-5-17(18)22(26)29-14-21(25)24(13-16-4-3-11-30-16)15-7-8-19-20(12-15)28-10-9-27-19/h1-8,11-12H,9-10,13-14H2. The number of benzene rings is 2. The fraction of sp³-hybridized carbons (Fsp3) is 0.182. The van der Waals surface area contributed by atoms with E-state index < -0.39 is 5.97 Å². The van der Waals surface area contributed by atoms with Gasteiger partial charge in [-0.05, 0) is 51.6 Å². The Balaban J connectivity index is 1.53. The molecule has 6 nitrogen and oxygen atoms in total. The molecule has 0 unspecified atom stereocenters. The molecule has 1 amide bonds. The summed E-state index contributed by atoms with van der Waals surface area (Å²) in [7, 11) is 0. The minimum atomic E-state index is -0.561. The second kappa shape index (κ2) is 9.32. The van der Waals surface area contributed by atoms with Gasteiger partial charge in [-0.2, -0.15) is 0 Å². The van der Waals surface area contributed by atoms with E-state index in [1.807, 2.05) is 17.5 Å². The minimum Gasteiger partial charge on any atom is -0.486 e. The van der Waals surface area contributed by atoms with Crippen LogP contribution in [0.5, 0.6) is 11.5 Å². The van der Waals surface area contributed by atoms with Gasteiger partial charge in [0.1, 0.15) is 13.2 Å². The summed E-state index contributed by atoms with van der Waals surface area (Å²) < 4.78 is 17.1. The smallest absolute Gasteiger partial charge is 0.339 e. The average Bonchev–Trinajstić information content (AvgIpc) is 3.29. The van der Waals surface area contributed by atoms with Crippen molar-refractivity contribution < 1.29 is 23.8 Å². The van der Waals surface area contributed by atoms with Crippen molar-refractivity contribution in [3.05, 3.63) is 74.9 Å². The third kappa shape index (κ3) is 4.66. The van der Waals surface area contributed by atoms with Crippen molar-refractivity contribution in [3.63, 3.8) is 0 Å². The Morgan fingerprint density at radius 3 is 2.60 bits per heavy atom. The van der Waals surface area contributed by atoms with Gasteiger partial charge in [0.2, 0.25) is 0 Å². The number of rotatable bonds is 6. The van der Waals surface area contributed by atoms with Crippen LogP contribution >= 0.6 is 27.3 Å². The summed E-state index contributed by atoms with van der Waals surface area (Å²) in [6, 6.07) is 16.2. The molecule has 1 aliphatic heterocycles. The first-order valence-corrected chi connectivity index (χ1v) is 10.9. The SMILES string of the molecule is O=C(OCC(=O)N(Cc1cccs1)c1ccc2c(c1)OCCO2)c1ccccc1Br. The number of hydrogen-bond acceptors (Lipinski definition) is 6. The third-order valence-electron chi connectivity index (χ3n) is 4.45. The fourth-order valence-corrected chi connectivity index (χ4v) is 4.13. The molecule has 0 bridgehead atoms. The largest absolute Gasteiger partial charge is 0.486 e. The number of ether oxygens (including phenoxy) is 3. The Bertz CT molecular complexity index is 1050. The Kier molecular flexibility index (Phi) is 6.35. The molecule has 0 aliphatic carbocycles. The van der Waals surface area contributed by atoms with Gasteiger partial charge in [0, 0.05) is 21.1 Å². The summed E-state index contributed by atoms with van der Waals surface area (Å²) in [6.07, 6.45) is 0. The third-order valence-corrected chi connectivity index (χ3v) is 6.01. The van der Waals surface area contributed by atoms with Gasteiger partial charge in [0.05, 0.1) is 12.1 Å². The number of halogens is 1. The molecule has 3 aromatic rings. The lowest BCUT2D eigenvalue weighted by atomic mass is 10.2. The van der Waals surface area contributed by atoms with Gasteiger partial charge < -0.3 is 19.1 Å². The van der Waals surface area contributed by atoms with Crippen molar-refractivity contribution >= 4 is 44.8 Å². The van der Waals surface area contributed by atoms with Gasteiger partial charge in [-0.1, -0.05) is 18.2 Å². The summed E-state index contributed by atoms with van der Waals surface area (Å²) >= 11 is 4.88. The molecule has 1 aromatic heterocycles. The summed E-state index contributed by atoms with van der Waals surface area (Å²) in [4.78, 5) is 28.0. The van der Waals surface area contributed by atoms with E-state index in [-0.39, 0.29) is 12.5 Å². The lowest BCUT2D eigenvalue weighted by Crippen LogP contribution is -2.34. The van der Waals surface area contributed by atoms with Gasteiger partial charge in [-0.3, -0.25) is 4.79 Å². The molecule has 154 valence electrons. The van der Waals surface area contributed by atoms with E-state index in [1.165, 1.54) is 0 Å². The predicted octanol–water partition coefficient (Wildman–Crippen LogP) is 4.67. The van der Waals surface area contributed by atoms with Crippen LogP contribution in [0.15, 0.2) is 64.5 Å². The monoisotopic (exact) mass is 487 g/mol. The molecule has 2 aromatic carbocycles. The number of nitrogens with zero attached hydrogens (tertiary/aromatic N) is 1. The quantitative estimate of drug-likeness (QED) is 0.472. The molecule has 8 heteroatoms. The highest BCUT2D eigenvalue weighted by Crippen LogP contribution is 2.34. The molecule has 0 radical (unpaired) electrons. The molecule has 0 saturated carbocycles. The Morgan fingerprint density at radius 1 is 1.03 bits per heavy atom. The number of hydrogen-bond donors (Lipinski definition) is 0. The highest BCUT2D eigenvalue weighted by molar-refractivity contribution is 9.10. The second-order valence-corrected chi connectivity index (χ2v) is 8.33. The van der Waals surface area contributed by atoms with Crippen molar-refractivity contribution in [2.75, 3.05) is 24.7 Å². The first kappa shape index (κ1) is 20.4. The summed E-state index contributed by atoms with van der Waals surface area (Å²) in [5.41, 5.74) is 1.02. The molecule has 2 heterocycles. The predicted molar refractivity (Wildman–Crippen MR) is 117 cm³/mol. The number of fused-ring (bicyclic) bond motifs is 1. The molecule has 4 rings (SSSR count). The maximum atomic E-state index is 13.0. The molecular formula is C22H18BrNO5S. The lowest BCUT2D eigenvalue weighted by Gasteiger charge is -2.25. The van der Waals surface area contributed by atoms with Crippen LogP contribution in [0.25, 0.3) is 0 Å². The highest BCUT2D eigenvalue weighted by Gasteiger charge is 2.22. The topological polar surface area (TPSA) is 65.1 Å². The van der Waals surface area contributed by atoms with Crippen molar-refractivity contribution in [1.29, 1.82) is 0 Å². The first-order chi connectivity index (χ1) is 14.6. The highest BCUT2D eigenvalue weighted by atomic mass is 79.9. The number of anilines is 1. The number of carbonyl (C=O) groups excluding carboxylic acids is 2. The Labute approximate surface area is 186 Å². The van der Waals surface area contributed by atoms with Crippen molar-refractivity contribution in [1.82, 2.24) is 0 Å². The number of thiophene rings is 1. The zero-order valence-corrected chi connectivity index (χ0v) is 18.3.